The highest BCUT2D eigenvalue weighted by Crippen LogP contribution is 2.15. The Balaban J connectivity index is 2.15. The maximum atomic E-state index is 11.8. The zero-order chi connectivity index (χ0) is 12.3. The molecule has 5 nitrogen and oxygen atoms in total. The Morgan fingerprint density at radius 2 is 2.00 bits per heavy atom. The lowest BCUT2D eigenvalue weighted by molar-refractivity contribution is 0.0266. The summed E-state index contributed by atoms with van der Waals surface area (Å²) in [4.78, 5) is 22.7. The molecule has 0 radical (unpaired) electrons. The number of hydrogen-bond acceptors (Lipinski definition) is 4. The van der Waals surface area contributed by atoms with Crippen LogP contribution in [0.3, 0.4) is 0 Å². The van der Waals surface area contributed by atoms with E-state index in [1.807, 2.05) is 0 Å². The summed E-state index contributed by atoms with van der Waals surface area (Å²) in [7, 11) is 0. The summed E-state index contributed by atoms with van der Waals surface area (Å²) < 4.78 is 10.2. The van der Waals surface area contributed by atoms with Crippen molar-refractivity contribution in [2.75, 3.05) is 13.2 Å². The van der Waals surface area contributed by atoms with Gasteiger partial charge in [0.05, 0.1) is 24.3 Å². The molecule has 1 unspecified atom stereocenters. The molecule has 1 aromatic carbocycles. The average Bonchev–Trinajstić information content (AvgIpc) is 2.81. The fraction of sp³-hybridized carbons (Fsp3) is 0.333. The molecule has 1 saturated heterocycles. The summed E-state index contributed by atoms with van der Waals surface area (Å²) in [5.74, 6) is -1.75. The highest BCUT2D eigenvalue weighted by Gasteiger charge is 2.23. The molecule has 90 valence electrons. The normalized spacial score (nSPS) is 18.9. The highest BCUT2D eigenvalue weighted by atomic mass is 16.6. The van der Waals surface area contributed by atoms with Crippen LogP contribution < -0.4 is 0 Å². The molecule has 2 rings (SSSR count). The SMILES string of the molecule is O=C(O)c1ccccc1C(=O)OC1CCOC1. The number of aromatic carboxylic acids is 1. The predicted molar refractivity (Wildman–Crippen MR) is 58.0 cm³/mol. The van der Waals surface area contributed by atoms with Crippen LogP contribution in [0.1, 0.15) is 27.1 Å². The van der Waals surface area contributed by atoms with Crippen molar-refractivity contribution in [3.8, 4) is 0 Å². The van der Waals surface area contributed by atoms with Gasteiger partial charge in [0.2, 0.25) is 0 Å². The lowest BCUT2D eigenvalue weighted by Gasteiger charge is -2.11. The number of carboxylic acid groups (broad SMARTS) is 1. The van der Waals surface area contributed by atoms with Gasteiger partial charge in [0.15, 0.2) is 0 Å². The number of carbonyl (C=O) groups excluding carboxylic acids is 1. The molecule has 0 aromatic heterocycles. The van der Waals surface area contributed by atoms with Crippen molar-refractivity contribution in [1.29, 1.82) is 0 Å². The van der Waals surface area contributed by atoms with E-state index in [9.17, 15) is 9.59 Å². The third kappa shape index (κ3) is 2.62. The maximum absolute atomic E-state index is 11.8. The van der Waals surface area contributed by atoms with E-state index >= 15 is 0 Å². The number of rotatable bonds is 3. The molecule has 0 bridgehead atoms. The minimum Gasteiger partial charge on any atom is -0.478 e. The molecule has 0 amide bonds. The van der Waals surface area contributed by atoms with Gasteiger partial charge < -0.3 is 14.6 Å². The van der Waals surface area contributed by atoms with Crippen LogP contribution in [0.4, 0.5) is 0 Å². The molecule has 0 aliphatic carbocycles. The van der Waals surface area contributed by atoms with Gasteiger partial charge >= 0.3 is 11.9 Å². The van der Waals surface area contributed by atoms with Gasteiger partial charge in [-0.3, -0.25) is 0 Å². The van der Waals surface area contributed by atoms with Gasteiger partial charge in [-0.15, -0.1) is 0 Å². The van der Waals surface area contributed by atoms with Crippen molar-refractivity contribution in [2.45, 2.75) is 12.5 Å². The van der Waals surface area contributed by atoms with Crippen LogP contribution in [-0.4, -0.2) is 36.4 Å². The Morgan fingerprint density at radius 1 is 1.29 bits per heavy atom. The molecular weight excluding hydrogens is 224 g/mol. The fourth-order valence-corrected chi connectivity index (χ4v) is 1.67. The first-order valence-corrected chi connectivity index (χ1v) is 5.29. The topological polar surface area (TPSA) is 72.8 Å². The predicted octanol–water partition coefficient (Wildman–Crippen LogP) is 1.33. The smallest absolute Gasteiger partial charge is 0.339 e. The van der Waals surface area contributed by atoms with Crippen LogP contribution in [0.25, 0.3) is 0 Å². The van der Waals surface area contributed by atoms with Crippen molar-refractivity contribution < 1.29 is 24.2 Å². The van der Waals surface area contributed by atoms with Gasteiger partial charge in [-0.1, -0.05) is 12.1 Å². The summed E-state index contributed by atoms with van der Waals surface area (Å²) in [5.41, 5.74) is 0.0308. The summed E-state index contributed by atoms with van der Waals surface area (Å²) in [6.07, 6.45) is 0.380. The second kappa shape index (κ2) is 4.97. The van der Waals surface area contributed by atoms with Gasteiger partial charge in [0.1, 0.15) is 6.10 Å². The van der Waals surface area contributed by atoms with Crippen molar-refractivity contribution in [1.82, 2.24) is 0 Å². The summed E-state index contributed by atoms with van der Waals surface area (Å²) in [5, 5.41) is 8.94. The minimum atomic E-state index is -1.14. The molecule has 1 fully saturated rings. The quantitative estimate of drug-likeness (QED) is 0.801. The summed E-state index contributed by atoms with van der Waals surface area (Å²) >= 11 is 0. The van der Waals surface area contributed by atoms with Crippen LogP contribution in [-0.2, 0) is 9.47 Å². The number of hydrogen-bond donors (Lipinski definition) is 1. The van der Waals surface area contributed by atoms with Crippen LogP contribution in [0.2, 0.25) is 0 Å². The highest BCUT2D eigenvalue weighted by molar-refractivity contribution is 6.02. The van der Waals surface area contributed by atoms with Crippen LogP contribution >= 0.6 is 0 Å². The first kappa shape index (κ1) is 11.6. The molecule has 0 saturated carbocycles. The van der Waals surface area contributed by atoms with E-state index in [2.05, 4.69) is 0 Å². The molecule has 0 spiro atoms. The lowest BCUT2D eigenvalue weighted by atomic mass is 10.1. The lowest BCUT2D eigenvalue weighted by Crippen LogP contribution is -2.20. The molecule has 5 heteroatoms. The van der Waals surface area contributed by atoms with E-state index in [0.717, 1.165) is 0 Å². The molecule has 1 aromatic rings. The number of benzene rings is 1. The zero-order valence-corrected chi connectivity index (χ0v) is 9.09. The number of carboxylic acids is 1. The minimum absolute atomic E-state index is 0.0450. The maximum Gasteiger partial charge on any atom is 0.339 e. The first-order valence-electron chi connectivity index (χ1n) is 5.29. The van der Waals surface area contributed by atoms with E-state index in [4.69, 9.17) is 14.6 Å². The summed E-state index contributed by atoms with van der Waals surface area (Å²) in [6.45, 7) is 0.944. The largest absolute Gasteiger partial charge is 0.478 e. The Hall–Kier alpha value is -1.88. The second-order valence-electron chi connectivity index (χ2n) is 3.74. The molecule has 17 heavy (non-hydrogen) atoms. The number of esters is 1. The first-order chi connectivity index (χ1) is 8.18. The molecule has 1 atom stereocenters. The van der Waals surface area contributed by atoms with Crippen LogP contribution in [0.5, 0.6) is 0 Å². The van der Waals surface area contributed by atoms with Gasteiger partial charge in [-0.2, -0.15) is 0 Å². The Bertz CT molecular complexity index is 434. The second-order valence-corrected chi connectivity index (χ2v) is 3.74. The van der Waals surface area contributed by atoms with Gasteiger partial charge in [-0.05, 0) is 12.1 Å². The summed E-state index contributed by atoms with van der Waals surface area (Å²) in [6, 6.07) is 6.00. The standard InChI is InChI=1S/C12H12O5/c13-11(14)9-3-1-2-4-10(9)12(15)17-8-5-6-16-7-8/h1-4,8H,5-7H2,(H,13,14). The van der Waals surface area contributed by atoms with Gasteiger partial charge in [0, 0.05) is 6.42 Å². The van der Waals surface area contributed by atoms with E-state index in [1.54, 1.807) is 12.1 Å². The van der Waals surface area contributed by atoms with Crippen molar-refractivity contribution in [2.24, 2.45) is 0 Å². The van der Waals surface area contributed by atoms with E-state index < -0.39 is 11.9 Å². The number of ether oxygens (including phenoxy) is 2. The molecule has 1 N–H and O–H groups in total. The Kier molecular flexibility index (Phi) is 3.39. The van der Waals surface area contributed by atoms with Crippen LogP contribution in [0, 0.1) is 0 Å². The third-order valence-electron chi connectivity index (χ3n) is 2.54. The number of carbonyl (C=O) groups is 2. The van der Waals surface area contributed by atoms with Crippen LogP contribution in [0.15, 0.2) is 24.3 Å². The Labute approximate surface area is 98.0 Å². The van der Waals surface area contributed by atoms with Gasteiger partial charge in [0.25, 0.3) is 0 Å². The molecule has 1 aliphatic rings. The monoisotopic (exact) mass is 236 g/mol. The Morgan fingerprint density at radius 3 is 2.59 bits per heavy atom. The third-order valence-corrected chi connectivity index (χ3v) is 2.54. The molecule has 1 heterocycles. The van der Waals surface area contributed by atoms with Crippen molar-refractivity contribution >= 4 is 11.9 Å². The average molecular weight is 236 g/mol. The van der Waals surface area contributed by atoms with Crippen molar-refractivity contribution in [3.63, 3.8) is 0 Å². The van der Waals surface area contributed by atoms with Gasteiger partial charge in [-0.25, -0.2) is 9.59 Å². The van der Waals surface area contributed by atoms with E-state index in [-0.39, 0.29) is 17.2 Å². The zero-order valence-electron chi connectivity index (χ0n) is 9.09. The molecule has 1 aliphatic heterocycles. The fourth-order valence-electron chi connectivity index (χ4n) is 1.67. The van der Waals surface area contributed by atoms with Crippen molar-refractivity contribution in [3.05, 3.63) is 35.4 Å². The molecular formula is C12H12O5. The van der Waals surface area contributed by atoms with E-state index in [1.165, 1.54) is 12.1 Å². The van der Waals surface area contributed by atoms with E-state index in [0.29, 0.717) is 19.6 Å².